The molecule has 25 heavy (non-hydrogen) atoms. The number of aromatic nitrogens is 2. The number of guanidine groups is 1. The summed E-state index contributed by atoms with van der Waals surface area (Å²) in [6.45, 7) is 5.54. The smallest absolute Gasteiger partial charge is 0.225 e. The lowest BCUT2D eigenvalue weighted by molar-refractivity contribution is 0.457. The number of hydrogen-bond acceptors (Lipinski definition) is 5. The highest BCUT2D eigenvalue weighted by Crippen LogP contribution is 2.15. The van der Waals surface area contributed by atoms with E-state index >= 15 is 0 Å². The maximum atomic E-state index is 5.35. The molecule has 1 saturated heterocycles. The zero-order chi connectivity index (χ0) is 17.3. The highest BCUT2D eigenvalue weighted by Gasteiger charge is 2.21. The molecule has 2 N–H and O–H groups in total. The minimum absolute atomic E-state index is 0.418. The molecule has 1 aliphatic rings. The molecule has 1 fully saturated rings. The van der Waals surface area contributed by atoms with Crippen molar-refractivity contribution in [3.63, 3.8) is 0 Å². The Morgan fingerprint density at radius 2 is 2.08 bits per heavy atom. The van der Waals surface area contributed by atoms with E-state index in [0.29, 0.717) is 12.6 Å². The maximum absolute atomic E-state index is 5.35. The summed E-state index contributed by atoms with van der Waals surface area (Å²) in [6.07, 6.45) is 8.19. The normalized spacial score (nSPS) is 16.0. The highest BCUT2D eigenvalue weighted by atomic mass is 16.3. The first-order valence-electron chi connectivity index (χ1n) is 8.94. The van der Waals surface area contributed by atoms with Crippen LogP contribution in [0.5, 0.6) is 0 Å². The molecule has 0 aromatic carbocycles. The number of nitrogens with one attached hydrogen (secondary N) is 2. The van der Waals surface area contributed by atoms with Gasteiger partial charge >= 0.3 is 0 Å². The van der Waals surface area contributed by atoms with E-state index in [1.165, 1.54) is 0 Å². The van der Waals surface area contributed by atoms with Crippen LogP contribution in [-0.4, -0.2) is 48.1 Å². The van der Waals surface area contributed by atoms with E-state index in [0.717, 1.165) is 56.6 Å². The molecule has 3 rings (SSSR count). The van der Waals surface area contributed by atoms with Crippen LogP contribution < -0.4 is 15.5 Å². The summed E-state index contributed by atoms with van der Waals surface area (Å²) in [7, 11) is 0. The molecule has 7 nitrogen and oxygen atoms in total. The maximum Gasteiger partial charge on any atom is 0.225 e. The molecule has 0 saturated carbocycles. The van der Waals surface area contributed by atoms with Crippen molar-refractivity contribution >= 4 is 11.9 Å². The van der Waals surface area contributed by atoms with E-state index < -0.39 is 0 Å². The van der Waals surface area contributed by atoms with Crippen molar-refractivity contribution in [2.75, 3.05) is 31.1 Å². The Labute approximate surface area is 148 Å². The van der Waals surface area contributed by atoms with E-state index in [1.54, 1.807) is 18.7 Å². The molecular weight excluding hydrogens is 316 g/mol. The van der Waals surface area contributed by atoms with E-state index in [2.05, 4.69) is 37.4 Å². The Morgan fingerprint density at radius 3 is 2.76 bits per heavy atom. The lowest BCUT2D eigenvalue weighted by atomic mass is 10.1. The van der Waals surface area contributed by atoms with Crippen molar-refractivity contribution in [1.29, 1.82) is 0 Å². The standard InChI is InChI=1S/C18H26N6O/c1-2-19-17(20-11-6-16-5-3-14-25-16)23-15-7-12-24(13-8-15)18-21-9-4-10-22-18/h3-5,9-10,14-15H,2,6-8,11-13H2,1H3,(H2,19,20,23). The molecule has 0 amide bonds. The molecule has 3 heterocycles. The fraction of sp³-hybridized carbons (Fsp3) is 0.500. The van der Waals surface area contributed by atoms with Crippen LogP contribution >= 0.6 is 0 Å². The van der Waals surface area contributed by atoms with E-state index in [-0.39, 0.29) is 0 Å². The van der Waals surface area contributed by atoms with Crippen molar-refractivity contribution in [3.8, 4) is 0 Å². The van der Waals surface area contributed by atoms with E-state index in [1.807, 2.05) is 18.2 Å². The van der Waals surface area contributed by atoms with Gasteiger partial charge in [0.25, 0.3) is 0 Å². The molecule has 1 aliphatic heterocycles. The Bertz CT molecular complexity index is 635. The minimum Gasteiger partial charge on any atom is -0.469 e. The van der Waals surface area contributed by atoms with Gasteiger partial charge in [-0.05, 0) is 38.0 Å². The van der Waals surface area contributed by atoms with Crippen molar-refractivity contribution in [2.24, 2.45) is 4.99 Å². The van der Waals surface area contributed by atoms with Crippen molar-refractivity contribution in [1.82, 2.24) is 20.6 Å². The average Bonchev–Trinajstić information content (AvgIpc) is 3.17. The van der Waals surface area contributed by atoms with Crippen molar-refractivity contribution in [3.05, 3.63) is 42.6 Å². The van der Waals surface area contributed by atoms with Crippen molar-refractivity contribution < 1.29 is 4.42 Å². The predicted molar refractivity (Wildman–Crippen MR) is 98.8 cm³/mol. The first kappa shape index (κ1) is 17.3. The molecule has 2 aromatic heterocycles. The van der Waals surface area contributed by atoms with E-state index in [9.17, 15) is 0 Å². The molecule has 7 heteroatoms. The fourth-order valence-corrected chi connectivity index (χ4v) is 2.92. The number of anilines is 1. The summed E-state index contributed by atoms with van der Waals surface area (Å²) in [4.78, 5) is 15.6. The number of aliphatic imine (C=N–C) groups is 1. The number of piperidine rings is 1. The summed E-state index contributed by atoms with van der Waals surface area (Å²) >= 11 is 0. The fourth-order valence-electron chi connectivity index (χ4n) is 2.92. The third kappa shape index (κ3) is 5.20. The van der Waals surface area contributed by atoms with Gasteiger partial charge in [0.05, 0.1) is 6.26 Å². The van der Waals surface area contributed by atoms with Gasteiger partial charge in [-0.25, -0.2) is 9.97 Å². The van der Waals surface area contributed by atoms with Gasteiger partial charge in [0.2, 0.25) is 5.95 Å². The highest BCUT2D eigenvalue weighted by molar-refractivity contribution is 5.80. The van der Waals surface area contributed by atoms with Crippen LogP contribution in [0.4, 0.5) is 5.95 Å². The predicted octanol–water partition coefficient (Wildman–Crippen LogP) is 1.84. The first-order valence-corrected chi connectivity index (χ1v) is 8.94. The SMILES string of the molecule is CCNC(=NCCc1ccco1)NC1CCN(c2ncccn2)CC1. The molecule has 0 radical (unpaired) electrons. The monoisotopic (exact) mass is 342 g/mol. The largest absolute Gasteiger partial charge is 0.469 e. The van der Waals surface area contributed by atoms with Gasteiger partial charge in [-0.15, -0.1) is 0 Å². The van der Waals surface area contributed by atoms with Gasteiger partial charge in [-0.2, -0.15) is 0 Å². The lowest BCUT2D eigenvalue weighted by Crippen LogP contribution is -2.49. The van der Waals surface area contributed by atoms with Crippen LogP contribution in [0.25, 0.3) is 0 Å². The molecule has 0 unspecified atom stereocenters. The van der Waals surface area contributed by atoms with Gasteiger partial charge in [0, 0.05) is 51.0 Å². The number of hydrogen-bond donors (Lipinski definition) is 2. The third-order valence-corrected chi connectivity index (χ3v) is 4.22. The van der Waals surface area contributed by atoms with E-state index in [4.69, 9.17) is 4.42 Å². The van der Waals surface area contributed by atoms with Crippen molar-refractivity contribution in [2.45, 2.75) is 32.2 Å². The molecule has 0 atom stereocenters. The Hall–Kier alpha value is -2.57. The molecule has 0 spiro atoms. The Morgan fingerprint density at radius 1 is 1.28 bits per heavy atom. The van der Waals surface area contributed by atoms with Crippen LogP contribution in [-0.2, 0) is 6.42 Å². The first-order chi connectivity index (χ1) is 12.3. The summed E-state index contributed by atoms with van der Waals surface area (Å²) < 4.78 is 5.35. The third-order valence-electron chi connectivity index (χ3n) is 4.22. The number of furan rings is 1. The van der Waals surface area contributed by atoms with Gasteiger partial charge in [-0.3, -0.25) is 4.99 Å². The summed E-state index contributed by atoms with van der Waals surface area (Å²) in [6, 6.07) is 6.16. The topological polar surface area (TPSA) is 78.6 Å². The molecule has 0 aliphatic carbocycles. The Balaban J connectivity index is 1.47. The van der Waals surface area contributed by atoms with Crippen LogP contribution in [0, 0.1) is 0 Å². The molecule has 0 bridgehead atoms. The van der Waals surface area contributed by atoms with Gasteiger partial charge in [0.15, 0.2) is 5.96 Å². The number of nitrogens with zero attached hydrogens (tertiary/aromatic N) is 4. The van der Waals surface area contributed by atoms with Gasteiger partial charge in [0.1, 0.15) is 5.76 Å². The second kappa shape index (κ2) is 9.05. The zero-order valence-electron chi connectivity index (χ0n) is 14.7. The van der Waals surface area contributed by atoms with Crippen LogP contribution in [0.2, 0.25) is 0 Å². The van der Waals surface area contributed by atoms with Gasteiger partial charge in [-0.1, -0.05) is 0 Å². The lowest BCUT2D eigenvalue weighted by Gasteiger charge is -2.33. The molecule has 2 aromatic rings. The second-order valence-corrected chi connectivity index (χ2v) is 6.04. The summed E-state index contributed by atoms with van der Waals surface area (Å²) in [5, 5.41) is 6.87. The quantitative estimate of drug-likeness (QED) is 0.616. The summed E-state index contributed by atoms with van der Waals surface area (Å²) in [5.74, 6) is 2.67. The second-order valence-electron chi connectivity index (χ2n) is 6.04. The molecular formula is C18H26N6O. The van der Waals surface area contributed by atoms with Crippen LogP contribution in [0.15, 0.2) is 46.3 Å². The number of rotatable bonds is 6. The minimum atomic E-state index is 0.418. The van der Waals surface area contributed by atoms with Gasteiger partial charge < -0.3 is 20.0 Å². The Kier molecular flexibility index (Phi) is 6.25. The van der Waals surface area contributed by atoms with Crippen LogP contribution in [0.3, 0.4) is 0 Å². The zero-order valence-corrected chi connectivity index (χ0v) is 14.7. The van der Waals surface area contributed by atoms with Crippen LogP contribution in [0.1, 0.15) is 25.5 Å². The molecule has 134 valence electrons. The summed E-state index contributed by atoms with van der Waals surface area (Å²) in [5.41, 5.74) is 0. The average molecular weight is 342 g/mol.